The summed E-state index contributed by atoms with van der Waals surface area (Å²) >= 11 is 0.490. The van der Waals surface area contributed by atoms with Crippen molar-refractivity contribution in [3.8, 4) is 0 Å². The average molecular weight is 376 g/mol. The fraction of sp³-hybridized carbons (Fsp3) is 0.350. The lowest BCUT2D eigenvalue weighted by Gasteiger charge is -2.37. The number of aryl methyl sites for hydroxylation is 1. The van der Waals surface area contributed by atoms with Crippen LogP contribution in [0.2, 0.25) is 0 Å². The highest BCUT2D eigenvalue weighted by Gasteiger charge is 2.23. The third kappa shape index (κ3) is 4.18. The maximum absolute atomic E-state index is 12.6. The summed E-state index contributed by atoms with van der Waals surface area (Å²) in [7, 11) is 0. The Morgan fingerprint density at radius 3 is 2.27 bits per heavy atom. The van der Waals surface area contributed by atoms with Crippen LogP contribution in [0.25, 0.3) is 0 Å². The van der Waals surface area contributed by atoms with E-state index in [4.69, 9.17) is 0 Å². The molecule has 1 amide bonds. The predicted molar refractivity (Wildman–Crippen MR) is 102 cm³/mol. The third-order valence-corrected chi connectivity index (χ3v) is 5.53. The van der Waals surface area contributed by atoms with E-state index in [2.05, 4.69) is 36.9 Å². The second-order valence-electron chi connectivity index (χ2n) is 6.40. The minimum Gasteiger partial charge on any atom is -0.368 e. The lowest BCUT2D eigenvalue weighted by molar-refractivity contribution is 0.0746. The molecule has 0 aliphatic carbocycles. The number of thioether (sulfide) groups is 1. The molecule has 2 aromatic rings. The zero-order chi connectivity index (χ0) is 18.7. The van der Waals surface area contributed by atoms with Crippen LogP contribution in [-0.4, -0.2) is 42.7 Å². The van der Waals surface area contributed by atoms with Gasteiger partial charge in [-0.15, -0.1) is 0 Å². The number of alkyl halides is 2. The van der Waals surface area contributed by atoms with Crippen molar-refractivity contribution in [2.45, 2.75) is 24.5 Å². The fourth-order valence-electron chi connectivity index (χ4n) is 3.19. The molecule has 1 aliphatic rings. The van der Waals surface area contributed by atoms with Crippen LogP contribution in [0.4, 0.5) is 14.5 Å². The molecule has 0 bridgehead atoms. The Labute approximate surface area is 157 Å². The van der Waals surface area contributed by atoms with Crippen molar-refractivity contribution in [1.29, 1.82) is 0 Å². The maximum atomic E-state index is 12.6. The van der Waals surface area contributed by atoms with Crippen molar-refractivity contribution in [1.82, 2.24) is 4.90 Å². The van der Waals surface area contributed by atoms with E-state index in [9.17, 15) is 13.6 Å². The first-order chi connectivity index (χ1) is 12.5. The van der Waals surface area contributed by atoms with Crippen LogP contribution in [0.5, 0.6) is 0 Å². The first kappa shape index (κ1) is 18.7. The quantitative estimate of drug-likeness (QED) is 0.730. The van der Waals surface area contributed by atoms with Crippen molar-refractivity contribution in [3.05, 3.63) is 59.2 Å². The molecule has 3 rings (SSSR count). The van der Waals surface area contributed by atoms with Gasteiger partial charge in [0.2, 0.25) is 0 Å². The van der Waals surface area contributed by atoms with Gasteiger partial charge in [-0.1, -0.05) is 23.9 Å². The topological polar surface area (TPSA) is 23.6 Å². The third-order valence-electron chi connectivity index (χ3n) is 4.81. The summed E-state index contributed by atoms with van der Waals surface area (Å²) in [5, 5.41) is 0. The number of hydrogen-bond acceptors (Lipinski definition) is 3. The Hall–Kier alpha value is -2.08. The summed E-state index contributed by atoms with van der Waals surface area (Å²) in [5.74, 6) is -2.49. The van der Waals surface area contributed by atoms with Crippen LogP contribution in [0.15, 0.2) is 47.4 Å². The van der Waals surface area contributed by atoms with E-state index < -0.39 is 5.76 Å². The first-order valence-corrected chi connectivity index (χ1v) is 9.49. The van der Waals surface area contributed by atoms with Crippen LogP contribution in [0.3, 0.4) is 0 Å². The highest BCUT2D eigenvalue weighted by Crippen LogP contribution is 2.26. The van der Waals surface area contributed by atoms with Crippen molar-refractivity contribution < 1.29 is 13.6 Å². The van der Waals surface area contributed by atoms with Gasteiger partial charge in [0.1, 0.15) is 0 Å². The molecule has 0 unspecified atom stereocenters. The van der Waals surface area contributed by atoms with E-state index >= 15 is 0 Å². The van der Waals surface area contributed by atoms with Gasteiger partial charge in [-0.2, -0.15) is 8.78 Å². The standard InChI is InChI=1S/C20H22F2N2OS/c1-14-4-3-5-18(15(14)2)23-10-12-24(13-11-23)19(25)16-6-8-17(9-7-16)26-20(21)22/h3-9,20H,10-13H2,1-2H3. The van der Waals surface area contributed by atoms with Crippen LogP contribution in [-0.2, 0) is 0 Å². The Kier molecular flexibility index (Phi) is 5.81. The van der Waals surface area contributed by atoms with Gasteiger partial charge in [0.05, 0.1) is 0 Å². The molecule has 0 spiro atoms. The average Bonchev–Trinajstić information content (AvgIpc) is 2.64. The molecular weight excluding hydrogens is 354 g/mol. The van der Waals surface area contributed by atoms with Gasteiger partial charge in [0.15, 0.2) is 0 Å². The van der Waals surface area contributed by atoms with Crippen LogP contribution >= 0.6 is 11.8 Å². The van der Waals surface area contributed by atoms with Gasteiger partial charge in [-0.05, 0) is 55.3 Å². The summed E-state index contributed by atoms with van der Waals surface area (Å²) in [6.07, 6.45) is 0. The predicted octanol–water partition coefficient (Wildman–Crippen LogP) is 4.58. The van der Waals surface area contributed by atoms with Crippen LogP contribution in [0, 0.1) is 13.8 Å². The monoisotopic (exact) mass is 376 g/mol. The number of piperazine rings is 1. The number of benzene rings is 2. The summed E-state index contributed by atoms with van der Waals surface area (Å²) in [6, 6.07) is 12.7. The second kappa shape index (κ2) is 8.08. The highest BCUT2D eigenvalue weighted by molar-refractivity contribution is 7.99. The molecule has 6 heteroatoms. The van der Waals surface area contributed by atoms with Gasteiger partial charge in [0, 0.05) is 42.3 Å². The van der Waals surface area contributed by atoms with E-state index in [0.717, 1.165) is 13.1 Å². The van der Waals surface area contributed by atoms with Crippen molar-refractivity contribution in [3.63, 3.8) is 0 Å². The normalized spacial score (nSPS) is 14.8. The Bertz CT molecular complexity index is 772. The number of rotatable bonds is 4. The number of nitrogens with zero attached hydrogens (tertiary/aromatic N) is 2. The molecule has 0 N–H and O–H groups in total. The summed E-state index contributed by atoms with van der Waals surface area (Å²) in [5.41, 5.74) is 4.32. The van der Waals surface area contributed by atoms with Crippen molar-refractivity contribution >= 4 is 23.4 Å². The van der Waals surface area contributed by atoms with Crippen molar-refractivity contribution in [2.24, 2.45) is 0 Å². The lowest BCUT2D eigenvalue weighted by atomic mass is 10.1. The SMILES string of the molecule is Cc1cccc(N2CCN(C(=O)c3ccc(SC(F)F)cc3)CC2)c1C. The molecule has 1 heterocycles. The zero-order valence-corrected chi connectivity index (χ0v) is 15.7. The zero-order valence-electron chi connectivity index (χ0n) is 14.9. The van der Waals surface area contributed by atoms with Gasteiger partial charge in [-0.3, -0.25) is 4.79 Å². The molecule has 1 saturated heterocycles. The highest BCUT2D eigenvalue weighted by atomic mass is 32.2. The van der Waals surface area contributed by atoms with Gasteiger partial charge >= 0.3 is 0 Å². The number of halogens is 2. The molecule has 1 aliphatic heterocycles. The van der Waals surface area contributed by atoms with Gasteiger partial charge in [-0.25, -0.2) is 0 Å². The molecular formula is C20H22F2N2OS. The molecule has 0 saturated carbocycles. The van der Waals surface area contributed by atoms with Gasteiger partial charge in [0.25, 0.3) is 11.7 Å². The minimum atomic E-state index is -2.45. The molecule has 0 radical (unpaired) electrons. The molecule has 3 nitrogen and oxygen atoms in total. The Morgan fingerprint density at radius 2 is 1.65 bits per heavy atom. The maximum Gasteiger partial charge on any atom is 0.288 e. The van der Waals surface area contributed by atoms with E-state index in [-0.39, 0.29) is 5.91 Å². The minimum absolute atomic E-state index is 0.0424. The van der Waals surface area contributed by atoms with E-state index in [1.54, 1.807) is 24.3 Å². The molecule has 1 fully saturated rings. The van der Waals surface area contributed by atoms with Gasteiger partial charge < -0.3 is 9.80 Å². The molecule has 0 aromatic heterocycles. The molecule has 26 heavy (non-hydrogen) atoms. The largest absolute Gasteiger partial charge is 0.368 e. The smallest absolute Gasteiger partial charge is 0.288 e. The van der Waals surface area contributed by atoms with Crippen molar-refractivity contribution in [2.75, 3.05) is 31.1 Å². The van der Waals surface area contributed by atoms with E-state index in [1.165, 1.54) is 16.8 Å². The van der Waals surface area contributed by atoms with Crippen LogP contribution in [0.1, 0.15) is 21.5 Å². The molecule has 0 atom stereocenters. The Morgan fingerprint density at radius 1 is 1.00 bits per heavy atom. The first-order valence-electron chi connectivity index (χ1n) is 8.61. The summed E-state index contributed by atoms with van der Waals surface area (Å²) < 4.78 is 24.8. The fourth-order valence-corrected chi connectivity index (χ4v) is 3.69. The lowest BCUT2D eigenvalue weighted by Crippen LogP contribution is -2.49. The number of carbonyl (C=O) groups excluding carboxylic acids is 1. The second-order valence-corrected chi connectivity index (χ2v) is 7.46. The van der Waals surface area contributed by atoms with E-state index in [0.29, 0.717) is 35.3 Å². The number of amides is 1. The number of carbonyl (C=O) groups is 1. The molecule has 138 valence electrons. The summed E-state index contributed by atoms with van der Waals surface area (Å²) in [6.45, 7) is 7.11. The summed E-state index contributed by atoms with van der Waals surface area (Å²) in [4.78, 5) is 17.3. The number of hydrogen-bond donors (Lipinski definition) is 0. The van der Waals surface area contributed by atoms with E-state index in [1.807, 2.05) is 4.90 Å². The Balaban J connectivity index is 1.62. The van der Waals surface area contributed by atoms with Crippen LogP contribution < -0.4 is 4.90 Å². The number of anilines is 1. The molecule has 2 aromatic carbocycles.